The maximum atomic E-state index is 13.1. The van der Waals surface area contributed by atoms with Gasteiger partial charge < -0.3 is 20.2 Å². The zero-order chi connectivity index (χ0) is 21.6. The summed E-state index contributed by atoms with van der Waals surface area (Å²) in [4.78, 5) is 13.1. The number of ether oxygens (including phenoxy) is 1. The largest absolute Gasteiger partial charge is 0.490 e. The van der Waals surface area contributed by atoms with Crippen LogP contribution in [-0.4, -0.2) is 20.2 Å². The van der Waals surface area contributed by atoms with Crippen LogP contribution in [0.5, 0.6) is 5.75 Å². The Bertz CT molecular complexity index is 1220. The van der Waals surface area contributed by atoms with Crippen molar-refractivity contribution in [3.05, 3.63) is 88.6 Å². The number of para-hydroxylation sites is 1. The molecule has 1 heterocycles. The summed E-state index contributed by atoms with van der Waals surface area (Å²) in [5.41, 5.74) is 9.92. The van der Waals surface area contributed by atoms with Gasteiger partial charge in [0.05, 0.1) is 12.5 Å². The molecule has 5 nitrogen and oxygen atoms in total. The van der Waals surface area contributed by atoms with Crippen LogP contribution in [0.25, 0.3) is 33.4 Å². The minimum Gasteiger partial charge on any atom is -0.490 e. The van der Waals surface area contributed by atoms with Gasteiger partial charge in [0.2, 0.25) is 11.2 Å². The van der Waals surface area contributed by atoms with Gasteiger partial charge in [0.1, 0.15) is 5.58 Å². The molecular formula is C26H26N2O3. The number of hydrogen-bond donors (Lipinski definition) is 2. The lowest BCUT2D eigenvalue weighted by Gasteiger charge is -2.12. The molecule has 0 bridgehead atoms. The molecule has 4 rings (SSSR count). The van der Waals surface area contributed by atoms with Crippen LogP contribution in [0.1, 0.15) is 12.0 Å². The maximum absolute atomic E-state index is 13.1. The summed E-state index contributed by atoms with van der Waals surface area (Å²) in [7, 11) is 1.50. The van der Waals surface area contributed by atoms with Crippen LogP contribution in [-0.2, 0) is 6.54 Å². The van der Waals surface area contributed by atoms with Crippen LogP contribution in [0.15, 0.2) is 82.0 Å². The highest BCUT2D eigenvalue weighted by molar-refractivity contribution is 5.84. The van der Waals surface area contributed by atoms with E-state index in [1.165, 1.54) is 7.11 Å². The predicted octanol–water partition coefficient (Wildman–Crippen LogP) is 4.57. The highest BCUT2D eigenvalue weighted by Crippen LogP contribution is 2.33. The van der Waals surface area contributed by atoms with Crippen molar-refractivity contribution in [2.24, 2.45) is 5.73 Å². The summed E-state index contributed by atoms with van der Waals surface area (Å²) >= 11 is 0. The third-order valence-electron chi connectivity index (χ3n) is 5.29. The van der Waals surface area contributed by atoms with E-state index in [2.05, 4.69) is 17.4 Å². The second kappa shape index (κ2) is 9.60. The Kier molecular flexibility index (Phi) is 6.46. The lowest BCUT2D eigenvalue weighted by atomic mass is 10.0. The van der Waals surface area contributed by atoms with Crippen molar-refractivity contribution in [1.29, 1.82) is 0 Å². The molecule has 4 aromatic rings. The topological polar surface area (TPSA) is 77.5 Å². The monoisotopic (exact) mass is 414 g/mol. The van der Waals surface area contributed by atoms with Crippen LogP contribution in [0.2, 0.25) is 0 Å². The predicted molar refractivity (Wildman–Crippen MR) is 125 cm³/mol. The molecule has 0 fully saturated rings. The molecule has 0 amide bonds. The molecule has 0 aliphatic heterocycles. The van der Waals surface area contributed by atoms with E-state index in [1.807, 2.05) is 54.6 Å². The fourth-order valence-electron chi connectivity index (χ4n) is 3.67. The van der Waals surface area contributed by atoms with E-state index in [9.17, 15) is 4.79 Å². The highest BCUT2D eigenvalue weighted by atomic mass is 16.5. The van der Waals surface area contributed by atoms with Gasteiger partial charge in [0, 0.05) is 17.7 Å². The van der Waals surface area contributed by atoms with Gasteiger partial charge in [-0.3, -0.25) is 4.79 Å². The van der Waals surface area contributed by atoms with Crippen molar-refractivity contribution in [1.82, 2.24) is 5.32 Å². The summed E-state index contributed by atoms with van der Waals surface area (Å²) in [6.45, 7) is 2.04. The first kappa shape index (κ1) is 20.8. The number of hydrogen-bond acceptors (Lipinski definition) is 5. The molecule has 0 saturated heterocycles. The number of nitrogens with one attached hydrogen (secondary N) is 1. The smallest absolute Gasteiger partial charge is 0.235 e. The second-order valence-corrected chi connectivity index (χ2v) is 7.35. The summed E-state index contributed by atoms with van der Waals surface area (Å²) in [5.74, 6) is 0.655. The number of benzene rings is 3. The van der Waals surface area contributed by atoms with E-state index in [-0.39, 0.29) is 11.2 Å². The van der Waals surface area contributed by atoms with E-state index in [1.54, 1.807) is 6.07 Å². The van der Waals surface area contributed by atoms with E-state index in [0.717, 1.165) is 35.2 Å². The number of nitrogens with two attached hydrogens (primary N) is 1. The Labute approximate surface area is 181 Å². The molecule has 0 saturated carbocycles. The van der Waals surface area contributed by atoms with Gasteiger partial charge in [-0.05, 0) is 36.7 Å². The first-order chi connectivity index (χ1) is 15.2. The zero-order valence-corrected chi connectivity index (χ0v) is 17.6. The molecule has 0 aliphatic carbocycles. The normalized spacial score (nSPS) is 11.0. The van der Waals surface area contributed by atoms with Crippen molar-refractivity contribution in [2.75, 3.05) is 20.2 Å². The van der Waals surface area contributed by atoms with Gasteiger partial charge >= 0.3 is 0 Å². The van der Waals surface area contributed by atoms with E-state index in [0.29, 0.717) is 29.8 Å². The summed E-state index contributed by atoms with van der Waals surface area (Å²) < 4.78 is 11.8. The van der Waals surface area contributed by atoms with Gasteiger partial charge in [-0.25, -0.2) is 0 Å². The van der Waals surface area contributed by atoms with Crippen LogP contribution in [0, 0.1) is 0 Å². The Balaban J connectivity index is 1.77. The molecule has 3 N–H and O–H groups in total. The molecule has 0 aliphatic rings. The van der Waals surface area contributed by atoms with Crippen LogP contribution < -0.4 is 21.2 Å². The Hall–Kier alpha value is -3.41. The van der Waals surface area contributed by atoms with Gasteiger partial charge in [-0.1, -0.05) is 66.7 Å². The lowest BCUT2D eigenvalue weighted by molar-refractivity contribution is 0.398. The van der Waals surface area contributed by atoms with Crippen molar-refractivity contribution >= 4 is 11.0 Å². The molecular weight excluding hydrogens is 388 g/mol. The Morgan fingerprint density at radius 2 is 1.61 bits per heavy atom. The van der Waals surface area contributed by atoms with Gasteiger partial charge in [-0.15, -0.1) is 0 Å². The molecule has 31 heavy (non-hydrogen) atoms. The van der Waals surface area contributed by atoms with Crippen molar-refractivity contribution < 1.29 is 9.15 Å². The van der Waals surface area contributed by atoms with E-state index >= 15 is 0 Å². The average molecular weight is 415 g/mol. The number of fused-ring (bicyclic) bond motifs is 1. The van der Waals surface area contributed by atoms with Crippen molar-refractivity contribution in [3.63, 3.8) is 0 Å². The first-order valence-electron chi connectivity index (χ1n) is 10.4. The first-order valence-corrected chi connectivity index (χ1v) is 10.4. The average Bonchev–Trinajstić information content (AvgIpc) is 2.82. The third kappa shape index (κ3) is 4.38. The van der Waals surface area contributed by atoms with Gasteiger partial charge in [0.25, 0.3) is 0 Å². The molecule has 0 unspecified atom stereocenters. The fourth-order valence-corrected chi connectivity index (χ4v) is 3.67. The number of rotatable bonds is 8. The Morgan fingerprint density at radius 3 is 2.32 bits per heavy atom. The fraction of sp³-hybridized carbons (Fsp3) is 0.192. The van der Waals surface area contributed by atoms with Crippen LogP contribution in [0.3, 0.4) is 0 Å². The molecule has 5 heteroatoms. The standard InChI is InChI=1S/C26H26N2O3/c1-30-26-23(29)22-10-5-9-21(17-28-16-6-15-27)24(22)31-25(26)20-13-11-19(12-14-20)18-7-3-2-4-8-18/h2-5,7-14,28H,6,15-17,27H2,1H3. The maximum Gasteiger partial charge on any atom is 0.235 e. The van der Waals surface area contributed by atoms with Crippen molar-refractivity contribution in [3.8, 4) is 28.2 Å². The lowest BCUT2D eigenvalue weighted by Crippen LogP contribution is -2.18. The molecule has 0 atom stereocenters. The molecule has 0 radical (unpaired) electrons. The van der Waals surface area contributed by atoms with Crippen LogP contribution in [0.4, 0.5) is 0 Å². The second-order valence-electron chi connectivity index (χ2n) is 7.35. The van der Waals surface area contributed by atoms with E-state index in [4.69, 9.17) is 14.9 Å². The SMILES string of the molecule is COc1c(-c2ccc(-c3ccccc3)cc2)oc2c(CNCCCN)cccc2c1=O. The summed E-state index contributed by atoms with van der Waals surface area (Å²) in [6.07, 6.45) is 0.890. The highest BCUT2D eigenvalue weighted by Gasteiger charge is 2.18. The minimum absolute atomic E-state index is 0.172. The molecule has 158 valence electrons. The van der Waals surface area contributed by atoms with Gasteiger partial charge in [-0.2, -0.15) is 0 Å². The third-order valence-corrected chi connectivity index (χ3v) is 5.29. The van der Waals surface area contributed by atoms with Crippen LogP contribution >= 0.6 is 0 Å². The summed E-state index contributed by atoms with van der Waals surface area (Å²) in [6, 6.07) is 23.7. The quantitative estimate of drug-likeness (QED) is 0.413. The molecule has 0 spiro atoms. The van der Waals surface area contributed by atoms with Gasteiger partial charge in [0.15, 0.2) is 5.76 Å². The van der Waals surface area contributed by atoms with E-state index < -0.39 is 0 Å². The molecule has 3 aromatic carbocycles. The zero-order valence-electron chi connectivity index (χ0n) is 17.6. The van der Waals surface area contributed by atoms with Crippen molar-refractivity contribution in [2.45, 2.75) is 13.0 Å². The number of methoxy groups -OCH3 is 1. The minimum atomic E-state index is -0.172. The Morgan fingerprint density at radius 1 is 0.903 bits per heavy atom. The summed E-state index contributed by atoms with van der Waals surface area (Å²) in [5, 5.41) is 3.87. The molecule has 1 aromatic heterocycles.